The van der Waals surface area contributed by atoms with E-state index in [2.05, 4.69) is 105 Å². The summed E-state index contributed by atoms with van der Waals surface area (Å²) in [6.07, 6.45) is 2.41. The average Bonchev–Trinajstić information content (AvgIpc) is 2.98. The minimum absolute atomic E-state index is 0. The Bertz CT molecular complexity index is 957. The van der Waals surface area contributed by atoms with Crippen LogP contribution >= 0.6 is 0 Å². The van der Waals surface area contributed by atoms with Crippen LogP contribution < -0.4 is 27.6 Å². The molecular weight excluding hydrogens is 502 g/mol. The van der Waals surface area contributed by atoms with Gasteiger partial charge in [-0.25, -0.2) is 0 Å². The molecule has 0 aromatic heterocycles. The van der Waals surface area contributed by atoms with Gasteiger partial charge in [-0.15, -0.1) is 0 Å². The molecule has 1 unspecified atom stereocenters. The van der Waals surface area contributed by atoms with Crippen molar-refractivity contribution in [2.24, 2.45) is 5.41 Å². The van der Waals surface area contributed by atoms with Crippen molar-refractivity contribution in [1.29, 1.82) is 0 Å². The molecule has 0 fully saturated rings. The van der Waals surface area contributed by atoms with Crippen LogP contribution in [0.4, 0.5) is 0 Å². The number of allylic oxidation sites excluding steroid dienone is 1. The largest absolute Gasteiger partial charge is 1.00 e. The van der Waals surface area contributed by atoms with E-state index in [9.17, 15) is 0 Å². The molecular formula is C27H35Cl2OZr. The second-order valence-electron chi connectivity index (χ2n) is 11.5. The summed E-state index contributed by atoms with van der Waals surface area (Å²) in [4.78, 5) is 0. The molecule has 0 saturated carbocycles. The molecule has 1 atom stereocenters. The van der Waals surface area contributed by atoms with Gasteiger partial charge in [-0.1, -0.05) is 0 Å². The van der Waals surface area contributed by atoms with Gasteiger partial charge >= 0.3 is 194 Å². The molecule has 167 valence electrons. The molecule has 4 heteroatoms. The normalized spacial score (nSPS) is 16.1. The molecule has 1 aliphatic rings. The van der Waals surface area contributed by atoms with Crippen LogP contribution in [0.3, 0.4) is 0 Å². The number of rotatable bonds is 2. The fourth-order valence-electron chi connectivity index (χ4n) is 4.28. The summed E-state index contributed by atoms with van der Waals surface area (Å²) in [5, 5.41) is 0. The van der Waals surface area contributed by atoms with E-state index < -0.39 is 0 Å². The molecule has 0 spiro atoms. The maximum absolute atomic E-state index is 6.22. The zero-order chi connectivity index (χ0) is 21.8. The van der Waals surface area contributed by atoms with E-state index >= 15 is 0 Å². The third kappa shape index (κ3) is 5.69. The summed E-state index contributed by atoms with van der Waals surface area (Å²) in [6, 6.07) is 13.7. The standard InChI is InChI=1S/C27H36O.2ClH.Zr/c1-25(2,3)18-15-20(24(28)22(16-18)27(7,8)9)23-19-13-11-10-12-17(19)14-21(23)26(4,5)6;;;/h10-16,23,28H,1-9H3;2*1H;/q;;;+3/p-3. The molecule has 1 nitrogen and oxygen atoms in total. The molecule has 1 aliphatic carbocycles. The topological polar surface area (TPSA) is 9.23 Å². The van der Waals surface area contributed by atoms with E-state index in [1.807, 2.05) is 0 Å². The van der Waals surface area contributed by atoms with Gasteiger partial charge in [-0.05, 0) is 0 Å². The molecule has 2 aromatic carbocycles. The van der Waals surface area contributed by atoms with Gasteiger partial charge in [0.2, 0.25) is 0 Å². The predicted octanol–water partition coefficient (Wildman–Crippen LogP) is 1.71. The molecule has 0 saturated heterocycles. The van der Waals surface area contributed by atoms with Crippen LogP contribution in [0, 0.1) is 5.41 Å². The second kappa shape index (κ2) is 9.74. The second-order valence-corrected chi connectivity index (χ2v) is 12.0. The van der Waals surface area contributed by atoms with Crippen molar-refractivity contribution < 1.29 is 52.8 Å². The first-order chi connectivity index (χ1) is 13.2. The van der Waals surface area contributed by atoms with Crippen molar-refractivity contribution in [2.45, 2.75) is 79.1 Å². The third-order valence-electron chi connectivity index (χ3n) is 6.00. The summed E-state index contributed by atoms with van der Waals surface area (Å²) in [5.74, 6) is 1.32. The van der Waals surface area contributed by atoms with Crippen molar-refractivity contribution >= 4 is 6.08 Å². The minimum atomic E-state index is 0. The third-order valence-corrected chi connectivity index (χ3v) is 6.50. The molecule has 0 heterocycles. The molecule has 0 N–H and O–H groups in total. The van der Waals surface area contributed by atoms with Crippen LogP contribution in [-0.4, -0.2) is 0 Å². The average molecular weight is 538 g/mol. The molecule has 2 aromatic rings. The minimum Gasteiger partial charge on any atom is -1.00 e. The Kier molecular flexibility index (Phi) is 8.95. The SMILES string of the molecule is CC(C)(C)C1=Cc2ccccc2C1c1cc(C(C)(C)C)cc(C(C)(C)C)c1[O][Zr+2].[Cl-].[Cl-]. The van der Waals surface area contributed by atoms with Crippen molar-refractivity contribution in [3.8, 4) is 5.75 Å². The van der Waals surface area contributed by atoms with Crippen LogP contribution in [0.5, 0.6) is 5.75 Å². The smallest absolute Gasteiger partial charge is 1.00 e. The van der Waals surface area contributed by atoms with Crippen molar-refractivity contribution in [1.82, 2.24) is 0 Å². The van der Waals surface area contributed by atoms with Gasteiger partial charge in [-0.3, -0.25) is 0 Å². The van der Waals surface area contributed by atoms with E-state index in [1.165, 1.54) is 33.4 Å². The quantitative estimate of drug-likeness (QED) is 0.567. The van der Waals surface area contributed by atoms with E-state index in [0.29, 0.717) is 0 Å². The first kappa shape index (κ1) is 28.5. The zero-order valence-electron chi connectivity index (χ0n) is 20.3. The molecule has 3 rings (SSSR count). The molecule has 0 bridgehead atoms. The van der Waals surface area contributed by atoms with Gasteiger partial charge in [0, 0.05) is 0 Å². The van der Waals surface area contributed by atoms with Crippen molar-refractivity contribution in [3.05, 3.63) is 69.8 Å². The van der Waals surface area contributed by atoms with Gasteiger partial charge in [0.15, 0.2) is 0 Å². The summed E-state index contributed by atoms with van der Waals surface area (Å²) in [6.45, 7) is 20.8. The Labute approximate surface area is 217 Å². The summed E-state index contributed by atoms with van der Waals surface area (Å²) >= 11 is 1.09. The van der Waals surface area contributed by atoms with Gasteiger partial charge in [-0.2, -0.15) is 0 Å². The number of benzene rings is 2. The molecule has 31 heavy (non-hydrogen) atoms. The fraction of sp³-hybridized carbons (Fsp3) is 0.481. The first-order valence-electron chi connectivity index (χ1n) is 10.6. The summed E-state index contributed by atoms with van der Waals surface area (Å²) in [5.41, 5.74) is 8.42. The summed E-state index contributed by atoms with van der Waals surface area (Å²) < 4.78 is 6.22. The van der Waals surface area contributed by atoms with Crippen molar-refractivity contribution in [2.75, 3.05) is 0 Å². The van der Waals surface area contributed by atoms with E-state index in [0.717, 1.165) is 30.9 Å². The van der Waals surface area contributed by atoms with Gasteiger partial charge in [0.1, 0.15) is 0 Å². The van der Waals surface area contributed by atoms with Gasteiger partial charge < -0.3 is 24.8 Å². The molecule has 0 amide bonds. The number of fused-ring (bicyclic) bond motifs is 1. The van der Waals surface area contributed by atoms with E-state index in [4.69, 9.17) is 2.81 Å². The van der Waals surface area contributed by atoms with Crippen molar-refractivity contribution in [3.63, 3.8) is 0 Å². The van der Waals surface area contributed by atoms with Gasteiger partial charge in [0.25, 0.3) is 0 Å². The van der Waals surface area contributed by atoms with E-state index in [-0.39, 0.29) is 47.0 Å². The Morgan fingerprint density at radius 2 is 1.32 bits per heavy atom. The van der Waals surface area contributed by atoms with Crippen LogP contribution in [-0.2, 0) is 36.0 Å². The Hall–Kier alpha value is -0.557. The van der Waals surface area contributed by atoms with Crippen LogP contribution in [0.2, 0.25) is 0 Å². The Morgan fingerprint density at radius 1 is 0.742 bits per heavy atom. The molecule has 0 radical (unpaired) electrons. The number of hydrogen-bond acceptors (Lipinski definition) is 1. The monoisotopic (exact) mass is 535 g/mol. The first-order valence-corrected chi connectivity index (χ1v) is 11.6. The maximum Gasteiger partial charge on any atom is -1.00 e. The van der Waals surface area contributed by atoms with Crippen LogP contribution in [0.15, 0.2) is 42.0 Å². The predicted molar refractivity (Wildman–Crippen MR) is 120 cm³/mol. The van der Waals surface area contributed by atoms with E-state index in [1.54, 1.807) is 0 Å². The summed E-state index contributed by atoms with van der Waals surface area (Å²) in [7, 11) is 0. The van der Waals surface area contributed by atoms with Gasteiger partial charge in [0.05, 0.1) is 0 Å². The number of hydrogen-bond donors (Lipinski definition) is 0. The zero-order valence-corrected chi connectivity index (χ0v) is 24.3. The fourth-order valence-corrected chi connectivity index (χ4v) is 4.84. The van der Waals surface area contributed by atoms with Crippen LogP contribution in [0.25, 0.3) is 6.08 Å². The molecule has 0 aliphatic heterocycles. The van der Waals surface area contributed by atoms with Crippen LogP contribution in [0.1, 0.15) is 96.0 Å². The Morgan fingerprint density at radius 3 is 1.81 bits per heavy atom. The Balaban J connectivity index is 0.00000240. The maximum atomic E-state index is 6.22. The number of halogens is 2.